The Morgan fingerprint density at radius 1 is 1.18 bits per heavy atom. The van der Waals surface area contributed by atoms with Gasteiger partial charge in [0.05, 0.1) is 0 Å². The molecule has 0 radical (unpaired) electrons. The normalized spacial score (nSPS) is 11.5. The van der Waals surface area contributed by atoms with Gasteiger partial charge >= 0.3 is 5.97 Å². The van der Waals surface area contributed by atoms with Crippen LogP contribution < -0.4 is 4.72 Å². The molecule has 8 heteroatoms. The second-order valence-corrected chi connectivity index (χ2v) is 7.91. The van der Waals surface area contributed by atoms with E-state index in [1.54, 1.807) is 16.7 Å². The van der Waals surface area contributed by atoms with Gasteiger partial charge in [0.25, 0.3) is 0 Å². The van der Waals surface area contributed by atoms with Crippen LogP contribution in [-0.2, 0) is 13.1 Å². The van der Waals surface area contributed by atoms with Gasteiger partial charge in [0.1, 0.15) is 17.3 Å². The minimum absolute atomic E-state index is 0.109. The zero-order chi connectivity index (χ0) is 19.8. The molecule has 0 aliphatic carbocycles. The molecule has 0 aliphatic rings. The molecule has 0 amide bonds. The summed E-state index contributed by atoms with van der Waals surface area (Å²) >= 11 is 2.84. The molecule has 0 bridgehead atoms. The quantitative estimate of drug-likeness (QED) is 0.420. The van der Waals surface area contributed by atoms with Crippen LogP contribution in [0.1, 0.15) is 21.6 Å². The summed E-state index contributed by atoms with van der Waals surface area (Å²) in [4.78, 5) is 12.1. The lowest BCUT2D eigenvalue weighted by atomic mass is 10.1. The van der Waals surface area contributed by atoms with Gasteiger partial charge in [-0.25, -0.2) is 13.6 Å². The molecule has 4 rings (SSSR count). The van der Waals surface area contributed by atoms with E-state index in [2.05, 4.69) is 4.72 Å². The fraction of sp³-hybridized carbons (Fsp3) is 0.150. The Kier molecular flexibility index (Phi) is 5.09. The van der Waals surface area contributed by atoms with Crippen molar-refractivity contribution < 1.29 is 18.7 Å². The Bertz CT molecular complexity index is 1200. The van der Waals surface area contributed by atoms with E-state index in [1.807, 2.05) is 11.6 Å². The minimum Gasteiger partial charge on any atom is -0.477 e. The average molecular weight is 418 g/mol. The fourth-order valence-corrected chi connectivity index (χ4v) is 4.70. The molecule has 2 aromatic carbocycles. The molecule has 0 unspecified atom stereocenters. The summed E-state index contributed by atoms with van der Waals surface area (Å²) in [5.41, 5.74) is 2.10. The maximum absolute atomic E-state index is 13.9. The molecule has 0 saturated heterocycles. The van der Waals surface area contributed by atoms with Gasteiger partial charge in [0, 0.05) is 39.6 Å². The van der Waals surface area contributed by atoms with Crippen LogP contribution in [0.2, 0.25) is 0 Å². The Morgan fingerprint density at radius 2 is 1.89 bits per heavy atom. The number of carboxylic acid groups (broad SMARTS) is 1. The summed E-state index contributed by atoms with van der Waals surface area (Å²) in [5.74, 6) is -1.84. The van der Waals surface area contributed by atoms with Crippen LogP contribution in [0.3, 0.4) is 0 Å². The van der Waals surface area contributed by atoms with Crippen molar-refractivity contribution in [1.82, 2.24) is 9.29 Å². The number of nitrogens with one attached hydrogen (secondary N) is 1. The molecular formula is C20H16F2N2O2S2. The smallest absolute Gasteiger partial charge is 0.352 e. The van der Waals surface area contributed by atoms with Crippen LogP contribution in [0.5, 0.6) is 0 Å². The Labute approximate surface area is 167 Å². The van der Waals surface area contributed by atoms with Crippen molar-refractivity contribution in [2.24, 2.45) is 0 Å². The van der Waals surface area contributed by atoms with E-state index < -0.39 is 11.8 Å². The van der Waals surface area contributed by atoms with E-state index >= 15 is 0 Å². The van der Waals surface area contributed by atoms with Crippen LogP contribution in [0.15, 0.2) is 41.8 Å². The third kappa shape index (κ3) is 3.28. The van der Waals surface area contributed by atoms with Crippen LogP contribution in [-0.4, -0.2) is 21.9 Å². The second kappa shape index (κ2) is 7.54. The average Bonchev–Trinajstić information content (AvgIpc) is 3.19. The van der Waals surface area contributed by atoms with Crippen LogP contribution in [0.4, 0.5) is 8.78 Å². The van der Waals surface area contributed by atoms with E-state index in [-0.39, 0.29) is 24.6 Å². The maximum atomic E-state index is 13.9. The molecular weight excluding hydrogens is 402 g/mol. The third-order valence-electron chi connectivity index (χ3n) is 4.67. The monoisotopic (exact) mass is 418 g/mol. The zero-order valence-electron chi connectivity index (χ0n) is 14.8. The molecule has 2 heterocycles. The maximum Gasteiger partial charge on any atom is 0.352 e. The van der Waals surface area contributed by atoms with Gasteiger partial charge in [-0.3, -0.25) is 4.72 Å². The lowest BCUT2D eigenvalue weighted by Crippen LogP contribution is -2.13. The Morgan fingerprint density at radius 3 is 2.61 bits per heavy atom. The molecule has 0 fully saturated rings. The summed E-state index contributed by atoms with van der Waals surface area (Å²) in [6.07, 6.45) is 1.84. The number of hydrogen-bond acceptors (Lipinski definition) is 4. The van der Waals surface area contributed by atoms with Crippen molar-refractivity contribution >= 4 is 50.2 Å². The van der Waals surface area contributed by atoms with Gasteiger partial charge < -0.3 is 9.67 Å². The summed E-state index contributed by atoms with van der Waals surface area (Å²) < 4.78 is 33.3. The molecule has 2 N–H and O–H groups in total. The van der Waals surface area contributed by atoms with Crippen molar-refractivity contribution in [3.8, 4) is 0 Å². The molecule has 4 nitrogen and oxygen atoms in total. The second-order valence-electron chi connectivity index (χ2n) is 6.31. The van der Waals surface area contributed by atoms with Gasteiger partial charge in [-0.1, -0.05) is 11.9 Å². The van der Waals surface area contributed by atoms with Gasteiger partial charge in [-0.2, -0.15) is 0 Å². The lowest BCUT2D eigenvalue weighted by molar-refractivity contribution is 0.0685. The van der Waals surface area contributed by atoms with E-state index in [9.17, 15) is 18.7 Å². The highest BCUT2D eigenvalue weighted by molar-refractivity contribution is 7.96. The van der Waals surface area contributed by atoms with Gasteiger partial charge in [0.2, 0.25) is 0 Å². The summed E-state index contributed by atoms with van der Waals surface area (Å²) in [7, 11) is 0. The number of benzene rings is 2. The van der Waals surface area contributed by atoms with Gasteiger partial charge in [-0.15, -0.1) is 11.3 Å². The van der Waals surface area contributed by atoms with Crippen molar-refractivity contribution in [2.45, 2.75) is 13.1 Å². The number of carbonyl (C=O) groups is 1. The van der Waals surface area contributed by atoms with Gasteiger partial charge in [0.15, 0.2) is 0 Å². The first-order valence-electron chi connectivity index (χ1n) is 8.45. The number of nitrogens with zero attached hydrogens (tertiary/aromatic N) is 1. The Hall–Kier alpha value is -2.42. The number of carboxylic acids is 1. The van der Waals surface area contributed by atoms with Crippen LogP contribution in [0.25, 0.3) is 21.0 Å². The van der Waals surface area contributed by atoms with Crippen LogP contribution in [0, 0.1) is 11.6 Å². The van der Waals surface area contributed by atoms with E-state index in [1.165, 1.54) is 47.6 Å². The minimum atomic E-state index is -1.08. The predicted molar refractivity (Wildman–Crippen MR) is 110 cm³/mol. The largest absolute Gasteiger partial charge is 0.477 e. The highest BCUT2D eigenvalue weighted by Crippen LogP contribution is 2.32. The number of aromatic nitrogens is 1. The standard InChI is InChI=1S/C20H16F2N2O2S2/c1-27-23-8-16-15-7-12(21)2-4-17(15)24(19(16)20(25)26)9-11-10-28-18-5-3-13(22)6-14(11)18/h2-7,10,23H,8-9H2,1H3,(H,25,26). The number of aromatic carboxylic acids is 1. The van der Waals surface area contributed by atoms with Crippen molar-refractivity contribution in [3.63, 3.8) is 0 Å². The van der Waals surface area contributed by atoms with Crippen molar-refractivity contribution in [3.05, 3.63) is 70.2 Å². The van der Waals surface area contributed by atoms with Crippen molar-refractivity contribution in [2.75, 3.05) is 6.26 Å². The predicted octanol–water partition coefficient (Wildman–Crippen LogP) is 5.25. The Balaban J connectivity index is 1.93. The molecule has 0 aliphatic heterocycles. The van der Waals surface area contributed by atoms with Crippen LogP contribution >= 0.6 is 23.3 Å². The summed E-state index contributed by atoms with van der Waals surface area (Å²) in [6.45, 7) is 0.543. The number of thiophene rings is 1. The highest BCUT2D eigenvalue weighted by atomic mass is 32.2. The third-order valence-corrected chi connectivity index (χ3v) is 6.12. The molecule has 144 valence electrons. The highest BCUT2D eigenvalue weighted by Gasteiger charge is 2.23. The van der Waals surface area contributed by atoms with E-state index in [0.717, 1.165) is 15.6 Å². The number of fused-ring (bicyclic) bond motifs is 2. The number of hydrogen-bond donors (Lipinski definition) is 2. The molecule has 28 heavy (non-hydrogen) atoms. The summed E-state index contributed by atoms with van der Waals surface area (Å²) in [6, 6.07) is 8.86. The van der Waals surface area contributed by atoms with Crippen molar-refractivity contribution in [1.29, 1.82) is 0 Å². The topological polar surface area (TPSA) is 54.3 Å². The fourth-order valence-electron chi connectivity index (χ4n) is 3.48. The van der Waals surface area contributed by atoms with Gasteiger partial charge in [-0.05, 0) is 53.6 Å². The molecule has 0 atom stereocenters. The number of halogens is 2. The van der Waals surface area contributed by atoms with E-state index in [4.69, 9.17) is 0 Å². The zero-order valence-corrected chi connectivity index (χ0v) is 16.5. The summed E-state index contributed by atoms with van der Waals surface area (Å²) in [5, 5.41) is 13.1. The number of rotatable bonds is 6. The first-order valence-corrected chi connectivity index (χ1v) is 10.6. The molecule has 0 spiro atoms. The molecule has 4 aromatic rings. The molecule has 2 aromatic heterocycles. The molecule has 0 saturated carbocycles. The van der Waals surface area contributed by atoms with E-state index in [0.29, 0.717) is 16.5 Å². The SMILES string of the molecule is CSNCc1c(C(=O)O)n(Cc2csc3ccc(F)cc23)c2ccc(F)cc12. The first-order chi connectivity index (χ1) is 13.5. The first kappa shape index (κ1) is 18.9. The lowest BCUT2D eigenvalue weighted by Gasteiger charge is -2.09.